The predicted octanol–water partition coefficient (Wildman–Crippen LogP) is -0.191. The molecule has 0 saturated carbocycles. The molecule has 0 aliphatic rings. The molecule has 1 aromatic rings. The molecule has 0 bridgehead atoms. The molecule has 0 aliphatic heterocycles. The minimum atomic E-state index is -0.603. The molecule has 94 valence electrons. The molecule has 7 nitrogen and oxygen atoms in total. The highest BCUT2D eigenvalue weighted by Gasteiger charge is 2.20. The lowest BCUT2D eigenvalue weighted by Crippen LogP contribution is -2.38. The first-order valence-corrected chi connectivity index (χ1v) is 5.32. The highest BCUT2D eigenvalue weighted by molar-refractivity contribution is 6.01. The Balaban J connectivity index is 2.57. The number of nitrogens with zero attached hydrogens (tertiary/aromatic N) is 3. The van der Waals surface area contributed by atoms with E-state index in [-0.39, 0.29) is 11.7 Å². The van der Waals surface area contributed by atoms with Crippen LogP contribution in [0, 0.1) is 5.92 Å². The third-order valence-corrected chi connectivity index (χ3v) is 2.56. The van der Waals surface area contributed by atoms with E-state index in [1.165, 1.54) is 0 Å². The Labute approximate surface area is 99.3 Å². The molecule has 1 rings (SSSR count). The van der Waals surface area contributed by atoms with Crippen molar-refractivity contribution in [3.8, 4) is 0 Å². The minimum Gasteiger partial charge on any atom is -0.409 e. The van der Waals surface area contributed by atoms with Crippen LogP contribution in [0.5, 0.6) is 0 Å². The number of nitrogens with two attached hydrogens (primary N) is 1. The highest BCUT2D eigenvalue weighted by atomic mass is 16.4. The monoisotopic (exact) mass is 239 g/mol. The van der Waals surface area contributed by atoms with Gasteiger partial charge in [-0.05, 0) is 12.5 Å². The molecular formula is C10H17N5O2. The van der Waals surface area contributed by atoms with Crippen molar-refractivity contribution in [3.05, 3.63) is 18.0 Å². The van der Waals surface area contributed by atoms with E-state index in [0.29, 0.717) is 13.0 Å². The molecular weight excluding hydrogens is 222 g/mol. The van der Waals surface area contributed by atoms with Gasteiger partial charge in [0.05, 0.1) is 18.2 Å². The van der Waals surface area contributed by atoms with Crippen LogP contribution in [0.4, 0.5) is 0 Å². The van der Waals surface area contributed by atoms with Gasteiger partial charge in [0.2, 0.25) is 5.91 Å². The minimum absolute atomic E-state index is 0.0741. The lowest BCUT2D eigenvalue weighted by Gasteiger charge is -2.13. The molecule has 0 aromatic carbocycles. The number of aryl methyl sites for hydroxylation is 1. The van der Waals surface area contributed by atoms with Crippen LogP contribution >= 0.6 is 0 Å². The predicted molar refractivity (Wildman–Crippen MR) is 62.2 cm³/mol. The van der Waals surface area contributed by atoms with E-state index in [1.807, 2.05) is 6.07 Å². The molecule has 0 radical (unpaired) electrons. The van der Waals surface area contributed by atoms with E-state index in [2.05, 4.69) is 15.6 Å². The molecule has 1 aromatic heterocycles. The van der Waals surface area contributed by atoms with Gasteiger partial charge in [0.15, 0.2) is 5.84 Å². The lowest BCUT2D eigenvalue weighted by atomic mass is 10.0. The summed E-state index contributed by atoms with van der Waals surface area (Å²) in [4.78, 5) is 11.8. The number of amides is 1. The number of hydrogen-bond donors (Lipinski definition) is 3. The van der Waals surface area contributed by atoms with Crippen molar-refractivity contribution in [2.45, 2.75) is 19.9 Å². The quantitative estimate of drug-likeness (QED) is 0.286. The van der Waals surface area contributed by atoms with E-state index in [4.69, 9.17) is 10.9 Å². The molecule has 17 heavy (non-hydrogen) atoms. The summed E-state index contributed by atoms with van der Waals surface area (Å²) in [5, 5.41) is 18.1. The molecule has 0 saturated heterocycles. The van der Waals surface area contributed by atoms with Gasteiger partial charge in [-0.2, -0.15) is 5.10 Å². The fourth-order valence-corrected chi connectivity index (χ4v) is 1.47. The van der Waals surface area contributed by atoms with Gasteiger partial charge in [-0.15, -0.1) is 0 Å². The average Bonchev–Trinajstić information content (AvgIpc) is 2.72. The number of carbonyl (C=O) groups excluding carboxylic acids is 1. The zero-order chi connectivity index (χ0) is 12.8. The van der Waals surface area contributed by atoms with E-state index in [0.717, 1.165) is 5.69 Å². The smallest absolute Gasteiger partial charge is 0.231 e. The molecule has 1 amide bonds. The van der Waals surface area contributed by atoms with Gasteiger partial charge in [0.1, 0.15) is 0 Å². The van der Waals surface area contributed by atoms with Crippen molar-refractivity contribution < 1.29 is 10.0 Å². The first-order valence-electron chi connectivity index (χ1n) is 5.32. The first kappa shape index (κ1) is 13.0. The summed E-state index contributed by atoms with van der Waals surface area (Å²) in [5.74, 6) is -0.938. The molecule has 0 aliphatic carbocycles. The summed E-state index contributed by atoms with van der Waals surface area (Å²) in [6.07, 6.45) is 2.13. The van der Waals surface area contributed by atoms with Gasteiger partial charge in [-0.3, -0.25) is 9.48 Å². The Kier molecular flexibility index (Phi) is 4.50. The summed E-state index contributed by atoms with van der Waals surface area (Å²) in [6.45, 7) is 2.16. The van der Waals surface area contributed by atoms with Crippen LogP contribution in [-0.2, 0) is 18.4 Å². The molecule has 1 atom stereocenters. The maximum absolute atomic E-state index is 11.8. The second-order valence-corrected chi connectivity index (χ2v) is 3.65. The number of hydrogen-bond acceptors (Lipinski definition) is 4. The van der Waals surface area contributed by atoms with Gasteiger partial charge < -0.3 is 16.3 Å². The van der Waals surface area contributed by atoms with Gasteiger partial charge >= 0.3 is 0 Å². The van der Waals surface area contributed by atoms with Crippen LogP contribution in [0.1, 0.15) is 19.0 Å². The third-order valence-electron chi connectivity index (χ3n) is 2.56. The van der Waals surface area contributed by atoms with Crippen molar-refractivity contribution in [3.63, 3.8) is 0 Å². The fourth-order valence-electron chi connectivity index (χ4n) is 1.47. The highest BCUT2D eigenvalue weighted by Crippen LogP contribution is 2.04. The Hall–Kier alpha value is -2.05. The van der Waals surface area contributed by atoms with Crippen LogP contribution in [0.15, 0.2) is 17.4 Å². The van der Waals surface area contributed by atoms with Gasteiger partial charge in [-0.1, -0.05) is 12.1 Å². The molecule has 1 unspecified atom stereocenters. The number of rotatable bonds is 5. The lowest BCUT2D eigenvalue weighted by molar-refractivity contribution is -0.123. The van der Waals surface area contributed by atoms with Crippen molar-refractivity contribution >= 4 is 11.7 Å². The summed E-state index contributed by atoms with van der Waals surface area (Å²) in [7, 11) is 1.79. The SMILES string of the molecule is CCC(C(=O)NCc1ccnn1C)C(N)=NO. The van der Waals surface area contributed by atoms with E-state index >= 15 is 0 Å². The van der Waals surface area contributed by atoms with E-state index in [1.54, 1.807) is 24.9 Å². The number of oxime groups is 1. The summed E-state index contributed by atoms with van der Waals surface area (Å²) in [5.41, 5.74) is 6.31. The summed E-state index contributed by atoms with van der Waals surface area (Å²) in [6, 6.07) is 1.81. The Bertz CT molecular complexity index is 413. The Morgan fingerprint density at radius 3 is 2.94 bits per heavy atom. The largest absolute Gasteiger partial charge is 0.409 e. The average molecular weight is 239 g/mol. The zero-order valence-corrected chi connectivity index (χ0v) is 9.92. The molecule has 0 fully saturated rings. The second kappa shape index (κ2) is 5.88. The maximum atomic E-state index is 11.8. The van der Waals surface area contributed by atoms with Crippen LogP contribution in [0.2, 0.25) is 0 Å². The Morgan fingerprint density at radius 2 is 2.47 bits per heavy atom. The first-order chi connectivity index (χ1) is 8.10. The molecule has 4 N–H and O–H groups in total. The third kappa shape index (κ3) is 3.20. The molecule has 7 heteroatoms. The van der Waals surface area contributed by atoms with Gasteiger partial charge in [-0.25, -0.2) is 0 Å². The summed E-state index contributed by atoms with van der Waals surface area (Å²) < 4.78 is 1.67. The van der Waals surface area contributed by atoms with Crippen molar-refractivity contribution in [1.82, 2.24) is 15.1 Å². The maximum Gasteiger partial charge on any atom is 0.231 e. The van der Waals surface area contributed by atoms with Crippen molar-refractivity contribution in [2.24, 2.45) is 23.9 Å². The van der Waals surface area contributed by atoms with Crippen molar-refractivity contribution in [2.75, 3.05) is 0 Å². The number of amidine groups is 1. The van der Waals surface area contributed by atoms with Crippen LogP contribution in [0.3, 0.4) is 0 Å². The number of aromatic nitrogens is 2. The number of carbonyl (C=O) groups is 1. The fraction of sp³-hybridized carbons (Fsp3) is 0.500. The van der Waals surface area contributed by atoms with Crippen LogP contribution < -0.4 is 11.1 Å². The normalized spacial score (nSPS) is 13.4. The van der Waals surface area contributed by atoms with Crippen LogP contribution in [0.25, 0.3) is 0 Å². The molecule has 1 heterocycles. The number of nitrogens with one attached hydrogen (secondary N) is 1. The van der Waals surface area contributed by atoms with Crippen LogP contribution in [-0.4, -0.2) is 26.7 Å². The topological polar surface area (TPSA) is 106 Å². The standard InChI is InChI=1S/C10H17N5O2/c1-3-8(9(11)14-17)10(16)12-6-7-4-5-13-15(7)2/h4-5,8,17H,3,6H2,1-2H3,(H2,11,14)(H,12,16). The van der Waals surface area contributed by atoms with E-state index in [9.17, 15) is 4.79 Å². The zero-order valence-electron chi connectivity index (χ0n) is 9.92. The second-order valence-electron chi connectivity index (χ2n) is 3.65. The van der Waals surface area contributed by atoms with Crippen molar-refractivity contribution in [1.29, 1.82) is 0 Å². The van der Waals surface area contributed by atoms with Gasteiger partial charge in [0, 0.05) is 13.2 Å². The Morgan fingerprint density at radius 1 is 1.76 bits per heavy atom. The molecule has 0 spiro atoms. The summed E-state index contributed by atoms with van der Waals surface area (Å²) >= 11 is 0. The van der Waals surface area contributed by atoms with Gasteiger partial charge in [0.25, 0.3) is 0 Å². The van der Waals surface area contributed by atoms with E-state index < -0.39 is 5.92 Å².